The van der Waals surface area contributed by atoms with E-state index >= 15 is 0 Å². The van der Waals surface area contributed by atoms with E-state index in [2.05, 4.69) is 0 Å². The van der Waals surface area contributed by atoms with E-state index < -0.39 is 11.9 Å². The van der Waals surface area contributed by atoms with Crippen molar-refractivity contribution in [2.75, 3.05) is 0 Å². The normalized spacial score (nSPS) is 11.7. The molecule has 0 saturated heterocycles. The van der Waals surface area contributed by atoms with Gasteiger partial charge < -0.3 is 9.84 Å². The van der Waals surface area contributed by atoms with E-state index in [0.717, 1.165) is 0 Å². The standard InChI is InChI=1S/C16H14FNO2/c1-11(19)14-7-2-3-8-15(14)20-10-13-6-4-5-12(9-18)16(13)17/h2-8,11,19H,10H2,1H3/t11-/m1/s1. The van der Waals surface area contributed by atoms with E-state index in [-0.39, 0.29) is 12.2 Å². The number of aliphatic hydroxyl groups excluding tert-OH is 1. The third-order valence-electron chi connectivity index (χ3n) is 2.95. The molecule has 0 aliphatic heterocycles. The minimum atomic E-state index is -0.665. The summed E-state index contributed by atoms with van der Waals surface area (Å²) in [6.45, 7) is 1.64. The summed E-state index contributed by atoms with van der Waals surface area (Å²) in [6, 6.07) is 13.4. The summed E-state index contributed by atoms with van der Waals surface area (Å²) in [6.07, 6.45) is -0.665. The van der Waals surface area contributed by atoms with Gasteiger partial charge in [0.25, 0.3) is 0 Å². The van der Waals surface area contributed by atoms with Crippen molar-refractivity contribution in [2.24, 2.45) is 0 Å². The number of hydrogen-bond donors (Lipinski definition) is 1. The SMILES string of the molecule is C[C@@H](O)c1ccccc1OCc1cccc(C#N)c1F. The number of hydrogen-bond acceptors (Lipinski definition) is 3. The lowest BCUT2D eigenvalue weighted by Gasteiger charge is -2.13. The highest BCUT2D eigenvalue weighted by atomic mass is 19.1. The molecule has 3 nitrogen and oxygen atoms in total. The molecule has 4 heteroatoms. The van der Waals surface area contributed by atoms with Gasteiger partial charge in [0.15, 0.2) is 0 Å². The second-order valence-corrected chi connectivity index (χ2v) is 4.39. The van der Waals surface area contributed by atoms with Gasteiger partial charge in [0, 0.05) is 11.1 Å². The summed E-state index contributed by atoms with van der Waals surface area (Å²) in [5, 5.41) is 18.4. The van der Waals surface area contributed by atoms with Crippen LogP contribution in [0, 0.1) is 17.1 Å². The van der Waals surface area contributed by atoms with Gasteiger partial charge in [-0.1, -0.05) is 30.3 Å². The van der Waals surface area contributed by atoms with Crippen molar-refractivity contribution >= 4 is 0 Å². The molecule has 0 radical (unpaired) electrons. The number of nitrogens with zero attached hydrogens (tertiary/aromatic N) is 1. The fourth-order valence-corrected chi connectivity index (χ4v) is 1.89. The van der Waals surface area contributed by atoms with Gasteiger partial charge in [-0.2, -0.15) is 5.26 Å². The quantitative estimate of drug-likeness (QED) is 0.928. The molecular weight excluding hydrogens is 257 g/mol. The molecule has 2 aromatic rings. The van der Waals surface area contributed by atoms with Crippen molar-refractivity contribution in [3.8, 4) is 11.8 Å². The molecule has 0 aliphatic rings. The average Bonchev–Trinajstić information content (AvgIpc) is 2.46. The van der Waals surface area contributed by atoms with Crippen molar-refractivity contribution in [2.45, 2.75) is 19.6 Å². The van der Waals surface area contributed by atoms with Crippen LogP contribution in [-0.4, -0.2) is 5.11 Å². The Morgan fingerprint density at radius 1 is 1.25 bits per heavy atom. The Bertz CT molecular complexity index is 647. The van der Waals surface area contributed by atoms with Gasteiger partial charge in [-0.3, -0.25) is 0 Å². The fraction of sp³-hybridized carbons (Fsp3) is 0.188. The minimum Gasteiger partial charge on any atom is -0.488 e. The van der Waals surface area contributed by atoms with E-state index in [9.17, 15) is 9.50 Å². The molecule has 1 atom stereocenters. The van der Waals surface area contributed by atoms with Crippen LogP contribution in [0.4, 0.5) is 4.39 Å². The molecule has 0 aliphatic carbocycles. The molecule has 2 aromatic carbocycles. The summed E-state index contributed by atoms with van der Waals surface area (Å²) in [5.74, 6) is -0.0613. The topological polar surface area (TPSA) is 53.2 Å². The van der Waals surface area contributed by atoms with E-state index in [1.807, 2.05) is 0 Å². The summed E-state index contributed by atoms with van der Waals surface area (Å²) in [7, 11) is 0. The number of aliphatic hydroxyl groups is 1. The Kier molecular flexibility index (Phi) is 4.34. The maximum absolute atomic E-state index is 13.9. The highest BCUT2D eigenvalue weighted by Gasteiger charge is 2.11. The molecule has 0 aromatic heterocycles. The summed E-state index contributed by atoms with van der Waals surface area (Å²) in [5.41, 5.74) is 0.948. The van der Waals surface area contributed by atoms with Gasteiger partial charge in [0.1, 0.15) is 24.2 Å². The second-order valence-electron chi connectivity index (χ2n) is 4.39. The maximum atomic E-state index is 13.9. The highest BCUT2D eigenvalue weighted by Crippen LogP contribution is 2.25. The molecule has 0 saturated carbocycles. The predicted octanol–water partition coefficient (Wildman–Crippen LogP) is 3.33. The molecule has 0 amide bonds. The number of halogens is 1. The molecule has 0 heterocycles. The Balaban J connectivity index is 2.20. The van der Waals surface area contributed by atoms with Crippen LogP contribution in [0.15, 0.2) is 42.5 Å². The zero-order valence-electron chi connectivity index (χ0n) is 11.0. The first-order chi connectivity index (χ1) is 9.63. The van der Waals surface area contributed by atoms with Crippen molar-refractivity contribution in [1.82, 2.24) is 0 Å². The zero-order chi connectivity index (χ0) is 14.5. The lowest BCUT2D eigenvalue weighted by Crippen LogP contribution is -2.03. The summed E-state index contributed by atoms with van der Waals surface area (Å²) >= 11 is 0. The molecule has 1 N–H and O–H groups in total. The van der Waals surface area contributed by atoms with Gasteiger partial charge in [0.2, 0.25) is 0 Å². The molecule has 20 heavy (non-hydrogen) atoms. The van der Waals surface area contributed by atoms with Gasteiger partial charge >= 0.3 is 0 Å². The molecule has 0 fully saturated rings. The van der Waals surface area contributed by atoms with Gasteiger partial charge in [-0.05, 0) is 19.1 Å². The van der Waals surface area contributed by atoms with Crippen LogP contribution in [0.1, 0.15) is 29.7 Å². The fourth-order valence-electron chi connectivity index (χ4n) is 1.89. The molecule has 0 unspecified atom stereocenters. The number of benzene rings is 2. The number of para-hydroxylation sites is 1. The van der Waals surface area contributed by atoms with Crippen LogP contribution in [0.25, 0.3) is 0 Å². The van der Waals surface area contributed by atoms with Crippen molar-refractivity contribution < 1.29 is 14.2 Å². The predicted molar refractivity (Wildman–Crippen MR) is 72.5 cm³/mol. The number of rotatable bonds is 4. The van der Waals surface area contributed by atoms with Crippen LogP contribution in [0.3, 0.4) is 0 Å². The molecule has 2 rings (SSSR count). The van der Waals surface area contributed by atoms with E-state index in [0.29, 0.717) is 16.9 Å². The zero-order valence-corrected chi connectivity index (χ0v) is 11.0. The Hall–Kier alpha value is -2.38. The third-order valence-corrected chi connectivity index (χ3v) is 2.95. The second kappa shape index (κ2) is 6.18. The highest BCUT2D eigenvalue weighted by molar-refractivity contribution is 5.37. The number of ether oxygens (including phenoxy) is 1. The van der Waals surface area contributed by atoms with Crippen LogP contribution in [0.2, 0.25) is 0 Å². The Labute approximate surface area is 116 Å². The van der Waals surface area contributed by atoms with Gasteiger partial charge in [0.05, 0.1) is 11.7 Å². The first-order valence-electron chi connectivity index (χ1n) is 6.20. The molecule has 102 valence electrons. The van der Waals surface area contributed by atoms with E-state index in [1.165, 1.54) is 6.07 Å². The van der Waals surface area contributed by atoms with Crippen molar-refractivity contribution in [1.29, 1.82) is 5.26 Å². The van der Waals surface area contributed by atoms with Crippen LogP contribution in [0.5, 0.6) is 5.75 Å². The molecule has 0 bridgehead atoms. The first kappa shape index (κ1) is 14.0. The molecular formula is C16H14FNO2. The Morgan fingerprint density at radius 2 is 2.00 bits per heavy atom. The van der Waals surface area contributed by atoms with Crippen LogP contribution >= 0.6 is 0 Å². The average molecular weight is 271 g/mol. The third kappa shape index (κ3) is 2.95. The lowest BCUT2D eigenvalue weighted by atomic mass is 10.1. The largest absolute Gasteiger partial charge is 0.488 e. The van der Waals surface area contributed by atoms with E-state index in [1.54, 1.807) is 49.4 Å². The smallest absolute Gasteiger partial charge is 0.147 e. The lowest BCUT2D eigenvalue weighted by molar-refractivity contribution is 0.190. The Morgan fingerprint density at radius 3 is 2.70 bits per heavy atom. The molecule has 0 spiro atoms. The maximum Gasteiger partial charge on any atom is 0.147 e. The minimum absolute atomic E-state index is 0.00471. The number of nitriles is 1. The van der Waals surface area contributed by atoms with Gasteiger partial charge in [-0.15, -0.1) is 0 Å². The van der Waals surface area contributed by atoms with Crippen LogP contribution < -0.4 is 4.74 Å². The van der Waals surface area contributed by atoms with E-state index in [4.69, 9.17) is 10.00 Å². The monoisotopic (exact) mass is 271 g/mol. The summed E-state index contributed by atoms with van der Waals surface area (Å²) < 4.78 is 19.4. The van der Waals surface area contributed by atoms with Crippen LogP contribution in [-0.2, 0) is 6.61 Å². The summed E-state index contributed by atoms with van der Waals surface area (Å²) in [4.78, 5) is 0. The first-order valence-corrected chi connectivity index (χ1v) is 6.20. The van der Waals surface area contributed by atoms with Crippen molar-refractivity contribution in [3.63, 3.8) is 0 Å². The van der Waals surface area contributed by atoms with Gasteiger partial charge in [-0.25, -0.2) is 4.39 Å². The van der Waals surface area contributed by atoms with Crippen molar-refractivity contribution in [3.05, 3.63) is 65.0 Å².